The summed E-state index contributed by atoms with van der Waals surface area (Å²) >= 11 is 1.42. The van der Waals surface area contributed by atoms with Crippen LogP contribution >= 0.6 is 11.8 Å². The van der Waals surface area contributed by atoms with Gasteiger partial charge < -0.3 is 9.47 Å². The summed E-state index contributed by atoms with van der Waals surface area (Å²) in [6, 6.07) is 14.4. The van der Waals surface area contributed by atoms with E-state index in [4.69, 9.17) is 0 Å². The van der Waals surface area contributed by atoms with E-state index in [9.17, 15) is 9.18 Å². The molecule has 2 heterocycles. The Morgan fingerprint density at radius 2 is 1.96 bits per heavy atom. The van der Waals surface area contributed by atoms with E-state index in [0.717, 1.165) is 35.1 Å². The lowest BCUT2D eigenvalue weighted by atomic mass is 10.2. The number of amides is 1. The fourth-order valence-corrected chi connectivity index (χ4v) is 4.04. The SMILES string of the molecule is Cn1c(-c2ccc(F)cc2)cnc1SCC(=O)N1CCc2ccccc21. The molecule has 26 heavy (non-hydrogen) atoms. The van der Waals surface area contributed by atoms with Gasteiger partial charge in [0.05, 0.1) is 17.6 Å². The van der Waals surface area contributed by atoms with Gasteiger partial charge in [-0.3, -0.25) is 4.79 Å². The number of carbonyl (C=O) groups is 1. The van der Waals surface area contributed by atoms with Gasteiger partial charge >= 0.3 is 0 Å². The van der Waals surface area contributed by atoms with Crippen molar-refractivity contribution in [2.45, 2.75) is 11.6 Å². The quantitative estimate of drug-likeness (QED) is 0.656. The monoisotopic (exact) mass is 367 g/mol. The topological polar surface area (TPSA) is 38.1 Å². The molecule has 0 fully saturated rings. The molecule has 6 heteroatoms. The summed E-state index contributed by atoms with van der Waals surface area (Å²) in [7, 11) is 1.91. The van der Waals surface area contributed by atoms with E-state index >= 15 is 0 Å². The zero-order valence-corrected chi connectivity index (χ0v) is 15.2. The fraction of sp³-hybridized carbons (Fsp3) is 0.200. The molecule has 1 amide bonds. The van der Waals surface area contributed by atoms with Crippen molar-refractivity contribution in [3.63, 3.8) is 0 Å². The molecule has 132 valence electrons. The van der Waals surface area contributed by atoms with Crippen molar-refractivity contribution in [3.05, 3.63) is 66.1 Å². The van der Waals surface area contributed by atoms with Crippen molar-refractivity contribution in [1.29, 1.82) is 0 Å². The maximum atomic E-state index is 13.1. The minimum Gasteiger partial charge on any atom is -0.322 e. The smallest absolute Gasteiger partial charge is 0.237 e. The molecule has 4 nitrogen and oxygen atoms in total. The molecule has 0 radical (unpaired) electrons. The van der Waals surface area contributed by atoms with E-state index in [1.165, 1.54) is 29.5 Å². The highest BCUT2D eigenvalue weighted by atomic mass is 32.2. The van der Waals surface area contributed by atoms with E-state index < -0.39 is 0 Å². The fourth-order valence-electron chi connectivity index (χ4n) is 3.22. The molecule has 0 saturated heterocycles. The van der Waals surface area contributed by atoms with Gasteiger partial charge in [0.25, 0.3) is 0 Å². The predicted molar refractivity (Wildman–Crippen MR) is 102 cm³/mol. The van der Waals surface area contributed by atoms with Gasteiger partial charge in [-0.25, -0.2) is 9.37 Å². The second-order valence-corrected chi connectivity index (χ2v) is 7.15. The highest BCUT2D eigenvalue weighted by Gasteiger charge is 2.24. The molecule has 3 aromatic rings. The Bertz CT molecular complexity index is 952. The lowest BCUT2D eigenvalue weighted by Crippen LogP contribution is -2.30. The van der Waals surface area contributed by atoms with Gasteiger partial charge in [-0.2, -0.15) is 0 Å². The number of imidazole rings is 1. The molecule has 0 bridgehead atoms. The second kappa shape index (κ2) is 6.96. The number of aromatic nitrogens is 2. The van der Waals surface area contributed by atoms with Gasteiger partial charge in [-0.15, -0.1) is 0 Å². The van der Waals surface area contributed by atoms with Gasteiger partial charge in [0.1, 0.15) is 5.82 Å². The molecule has 0 atom stereocenters. The largest absolute Gasteiger partial charge is 0.322 e. The predicted octanol–water partition coefficient (Wildman–Crippen LogP) is 3.91. The summed E-state index contributed by atoms with van der Waals surface area (Å²) in [6.45, 7) is 0.736. The molecule has 1 aliphatic rings. The Hall–Kier alpha value is -2.60. The average Bonchev–Trinajstić information content (AvgIpc) is 3.24. The van der Waals surface area contributed by atoms with Crippen LogP contribution in [0.25, 0.3) is 11.3 Å². The number of carbonyl (C=O) groups excluding carboxylic acids is 1. The van der Waals surface area contributed by atoms with Crippen molar-refractivity contribution in [1.82, 2.24) is 9.55 Å². The Balaban J connectivity index is 1.46. The standard InChI is InChI=1S/C20H18FN3OS/c1-23-18(15-6-8-16(21)9-7-15)12-22-20(23)26-13-19(25)24-11-10-14-4-2-3-5-17(14)24/h2-9,12H,10-11,13H2,1H3. The van der Waals surface area contributed by atoms with Crippen molar-refractivity contribution in [3.8, 4) is 11.3 Å². The van der Waals surface area contributed by atoms with Gasteiger partial charge in [0.2, 0.25) is 5.91 Å². The summed E-state index contributed by atoms with van der Waals surface area (Å²) in [5.74, 6) is 0.162. The van der Waals surface area contributed by atoms with Crippen LogP contribution < -0.4 is 4.90 Å². The van der Waals surface area contributed by atoms with Gasteiger partial charge in [0.15, 0.2) is 5.16 Å². The number of benzene rings is 2. The maximum Gasteiger partial charge on any atom is 0.237 e. The van der Waals surface area contributed by atoms with Crippen LogP contribution in [0, 0.1) is 5.82 Å². The molecular weight excluding hydrogens is 349 g/mol. The first-order chi connectivity index (χ1) is 12.6. The van der Waals surface area contributed by atoms with Crippen LogP contribution in [0.4, 0.5) is 10.1 Å². The number of anilines is 1. The molecule has 0 N–H and O–H groups in total. The highest BCUT2D eigenvalue weighted by Crippen LogP contribution is 2.29. The molecule has 0 unspecified atom stereocenters. The number of para-hydroxylation sites is 1. The lowest BCUT2D eigenvalue weighted by molar-refractivity contribution is -0.116. The van der Waals surface area contributed by atoms with E-state index in [1.807, 2.05) is 34.7 Å². The van der Waals surface area contributed by atoms with E-state index in [2.05, 4.69) is 11.1 Å². The third-order valence-electron chi connectivity index (χ3n) is 4.60. The number of hydrogen-bond donors (Lipinski definition) is 0. The number of nitrogens with zero attached hydrogens (tertiary/aromatic N) is 3. The number of hydrogen-bond acceptors (Lipinski definition) is 3. The Labute approximate surface area is 155 Å². The van der Waals surface area contributed by atoms with Crippen LogP contribution in [0.15, 0.2) is 59.9 Å². The molecule has 1 aromatic heterocycles. The average molecular weight is 367 g/mol. The minimum atomic E-state index is -0.262. The van der Waals surface area contributed by atoms with Crippen molar-refractivity contribution in [2.24, 2.45) is 7.05 Å². The Morgan fingerprint density at radius 1 is 1.19 bits per heavy atom. The van der Waals surface area contributed by atoms with E-state index in [1.54, 1.807) is 18.3 Å². The van der Waals surface area contributed by atoms with Crippen LogP contribution in [0.3, 0.4) is 0 Å². The van der Waals surface area contributed by atoms with Gasteiger partial charge in [-0.05, 0) is 47.9 Å². The lowest BCUT2D eigenvalue weighted by Gasteiger charge is -2.17. The Kier molecular flexibility index (Phi) is 4.51. The molecule has 0 aliphatic carbocycles. The number of halogens is 1. The van der Waals surface area contributed by atoms with Crippen LogP contribution in [0.1, 0.15) is 5.56 Å². The normalized spacial score (nSPS) is 13.1. The zero-order valence-electron chi connectivity index (χ0n) is 14.4. The summed E-state index contributed by atoms with van der Waals surface area (Å²) in [5.41, 5.74) is 4.03. The van der Waals surface area contributed by atoms with Crippen LogP contribution in [-0.4, -0.2) is 27.8 Å². The second-order valence-electron chi connectivity index (χ2n) is 6.20. The van der Waals surface area contributed by atoms with Gasteiger partial charge in [0, 0.05) is 19.3 Å². The minimum absolute atomic E-state index is 0.0892. The van der Waals surface area contributed by atoms with E-state index in [0.29, 0.717) is 5.75 Å². The third kappa shape index (κ3) is 3.12. The number of fused-ring (bicyclic) bond motifs is 1. The summed E-state index contributed by atoms with van der Waals surface area (Å²) < 4.78 is 15.0. The maximum absolute atomic E-state index is 13.1. The highest BCUT2D eigenvalue weighted by molar-refractivity contribution is 7.99. The Morgan fingerprint density at radius 3 is 2.77 bits per heavy atom. The van der Waals surface area contributed by atoms with Crippen molar-refractivity contribution in [2.75, 3.05) is 17.2 Å². The first kappa shape index (κ1) is 16.8. The summed E-state index contributed by atoms with van der Waals surface area (Å²) in [6.07, 6.45) is 2.66. The van der Waals surface area contributed by atoms with Gasteiger partial charge in [-0.1, -0.05) is 30.0 Å². The molecule has 2 aromatic carbocycles. The van der Waals surface area contributed by atoms with Crippen LogP contribution in [-0.2, 0) is 18.3 Å². The first-order valence-corrected chi connectivity index (χ1v) is 9.41. The van der Waals surface area contributed by atoms with Crippen LogP contribution in [0.2, 0.25) is 0 Å². The molecule has 0 spiro atoms. The molecule has 0 saturated carbocycles. The third-order valence-corrected chi connectivity index (χ3v) is 5.63. The molecule has 1 aliphatic heterocycles. The molecular formula is C20H18FN3OS. The van der Waals surface area contributed by atoms with E-state index in [-0.39, 0.29) is 11.7 Å². The molecule has 4 rings (SSSR count). The van der Waals surface area contributed by atoms with Crippen LogP contribution in [0.5, 0.6) is 0 Å². The van der Waals surface area contributed by atoms with Crippen molar-refractivity contribution < 1.29 is 9.18 Å². The summed E-state index contributed by atoms with van der Waals surface area (Å²) in [5, 5.41) is 0.769. The number of thioether (sulfide) groups is 1. The first-order valence-electron chi connectivity index (χ1n) is 8.42. The number of rotatable bonds is 4. The van der Waals surface area contributed by atoms with Crippen molar-refractivity contribution >= 4 is 23.4 Å². The zero-order chi connectivity index (χ0) is 18.1. The summed E-state index contributed by atoms with van der Waals surface area (Å²) in [4.78, 5) is 18.9.